The molecule has 1 unspecified atom stereocenters. The Balaban J connectivity index is 1.63. The largest absolute Gasteiger partial charge is 0.497 e. The van der Waals surface area contributed by atoms with Gasteiger partial charge in [0.25, 0.3) is 5.91 Å². The molecule has 0 spiro atoms. The van der Waals surface area contributed by atoms with Gasteiger partial charge in [0.2, 0.25) is 0 Å². The SMILES string of the molecule is COc1cccc(N2CC(CNC(=O)c3c(F)cccc3Cl)OC2=O)c1. The molecule has 0 radical (unpaired) electrons. The van der Waals surface area contributed by atoms with E-state index in [1.54, 1.807) is 24.3 Å². The quantitative estimate of drug-likeness (QED) is 0.867. The van der Waals surface area contributed by atoms with Crippen molar-refractivity contribution in [3.05, 3.63) is 58.9 Å². The standard InChI is InChI=1S/C18H16ClFN2O4/c1-25-12-5-2-4-11(8-12)22-10-13(26-18(22)24)9-21-17(23)16-14(19)6-3-7-15(16)20/h2-8,13H,9-10H2,1H3,(H,21,23). The topological polar surface area (TPSA) is 67.9 Å². The molecular weight excluding hydrogens is 363 g/mol. The van der Waals surface area contributed by atoms with Crippen molar-refractivity contribution in [1.82, 2.24) is 5.32 Å². The normalized spacial score (nSPS) is 16.3. The molecule has 6 nitrogen and oxygen atoms in total. The van der Waals surface area contributed by atoms with Crippen LogP contribution in [0.5, 0.6) is 5.75 Å². The molecule has 2 aromatic rings. The fourth-order valence-electron chi connectivity index (χ4n) is 2.63. The van der Waals surface area contributed by atoms with Gasteiger partial charge in [-0.2, -0.15) is 0 Å². The Morgan fingerprint density at radius 2 is 2.15 bits per heavy atom. The average molecular weight is 379 g/mol. The van der Waals surface area contributed by atoms with E-state index in [4.69, 9.17) is 21.1 Å². The summed E-state index contributed by atoms with van der Waals surface area (Å²) in [6.07, 6.45) is -1.09. The molecule has 1 N–H and O–H groups in total. The summed E-state index contributed by atoms with van der Waals surface area (Å²) >= 11 is 5.87. The third-order valence-corrected chi connectivity index (χ3v) is 4.23. The minimum atomic E-state index is -0.712. The fraction of sp³-hybridized carbons (Fsp3) is 0.222. The number of anilines is 1. The van der Waals surface area contributed by atoms with Crippen molar-refractivity contribution in [2.24, 2.45) is 0 Å². The zero-order chi connectivity index (χ0) is 18.7. The summed E-state index contributed by atoms with van der Waals surface area (Å²) in [4.78, 5) is 25.7. The van der Waals surface area contributed by atoms with Gasteiger partial charge in [0.15, 0.2) is 0 Å². The summed E-state index contributed by atoms with van der Waals surface area (Å²) in [5.41, 5.74) is 0.392. The first-order valence-corrected chi connectivity index (χ1v) is 8.22. The van der Waals surface area contributed by atoms with Crippen molar-refractivity contribution in [2.75, 3.05) is 25.1 Å². The molecule has 1 atom stereocenters. The number of amides is 2. The Morgan fingerprint density at radius 3 is 2.88 bits per heavy atom. The highest BCUT2D eigenvalue weighted by molar-refractivity contribution is 6.33. The number of ether oxygens (including phenoxy) is 2. The first-order chi connectivity index (χ1) is 12.5. The monoisotopic (exact) mass is 378 g/mol. The Morgan fingerprint density at radius 1 is 1.38 bits per heavy atom. The van der Waals surface area contributed by atoms with Crippen molar-refractivity contribution in [3.63, 3.8) is 0 Å². The molecule has 1 aliphatic heterocycles. The van der Waals surface area contributed by atoms with E-state index in [2.05, 4.69) is 5.32 Å². The summed E-state index contributed by atoms with van der Waals surface area (Å²) < 4.78 is 24.2. The van der Waals surface area contributed by atoms with E-state index < -0.39 is 23.9 Å². The van der Waals surface area contributed by atoms with Crippen LogP contribution in [0.2, 0.25) is 5.02 Å². The molecule has 136 valence electrons. The lowest BCUT2D eigenvalue weighted by Gasteiger charge is -2.14. The number of benzene rings is 2. The van der Waals surface area contributed by atoms with Gasteiger partial charge >= 0.3 is 6.09 Å². The molecule has 3 rings (SSSR count). The second kappa shape index (κ2) is 7.61. The van der Waals surface area contributed by atoms with Gasteiger partial charge in [0.05, 0.1) is 36.5 Å². The molecule has 26 heavy (non-hydrogen) atoms. The maximum atomic E-state index is 13.8. The van der Waals surface area contributed by atoms with Crippen LogP contribution in [-0.4, -0.2) is 38.3 Å². The van der Waals surface area contributed by atoms with E-state index in [1.165, 1.54) is 24.1 Å². The third kappa shape index (κ3) is 3.72. The third-order valence-electron chi connectivity index (χ3n) is 3.92. The van der Waals surface area contributed by atoms with Crippen LogP contribution in [0.1, 0.15) is 10.4 Å². The minimum Gasteiger partial charge on any atom is -0.497 e. The molecular formula is C18H16ClFN2O4. The lowest BCUT2D eigenvalue weighted by Crippen LogP contribution is -2.35. The van der Waals surface area contributed by atoms with Crippen LogP contribution >= 0.6 is 11.6 Å². The van der Waals surface area contributed by atoms with Crippen LogP contribution in [0.3, 0.4) is 0 Å². The van der Waals surface area contributed by atoms with E-state index in [0.29, 0.717) is 11.4 Å². The molecule has 2 aromatic carbocycles. The predicted molar refractivity (Wildman–Crippen MR) is 94.4 cm³/mol. The zero-order valence-electron chi connectivity index (χ0n) is 13.9. The molecule has 0 bridgehead atoms. The average Bonchev–Trinajstić information content (AvgIpc) is 3.00. The van der Waals surface area contributed by atoms with Crippen LogP contribution in [0.15, 0.2) is 42.5 Å². The van der Waals surface area contributed by atoms with Crippen LogP contribution in [0.4, 0.5) is 14.9 Å². The van der Waals surface area contributed by atoms with Gasteiger partial charge in [-0.05, 0) is 24.3 Å². The van der Waals surface area contributed by atoms with E-state index in [9.17, 15) is 14.0 Å². The highest BCUT2D eigenvalue weighted by Crippen LogP contribution is 2.25. The zero-order valence-corrected chi connectivity index (χ0v) is 14.6. The first kappa shape index (κ1) is 18.0. The van der Waals surface area contributed by atoms with Gasteiger partial charge < -0.3 is 14.8 Å². The minimum absolute atomic E-state index is 0.0175. The van der Waals surface area contributed by atoms with Crippen molar-refractivity contribution < 1.29 is 23.5 Å². The van der Waals surface area contributed by atoms with Crippen LogP contribution in [-0.2, 0) is 4.74 Å². The number of cyclic esters (lactones) is 1. The van der Waals surface area contributed by atoms with E-state index in [0.717, 1.165) is 6.07 Å². The number of carbonyl (C=O) groups is 2. The van der Waals surface area contributed by atoms with Gasteiger partial charge in [0.1, 0.15) is 17.7 Å². The van der Waals surface area contributed by atoms with E-state index in [1.807, 2.05) is 0 Å². The molecule has 0 saturated carbocycles. The second-order valence-electron chi connectivity index (χ2n) is 5.62. The maximum absolute atomic E-state index is 13.8. The number of nitrogens with zero attached hydrogens (tertiary/aromatic N) is 1. The van der Waals surface area contributed by atoms with Crippen LogP contribution in [0.25, 0.3) is 0 Å². The highest BCUT2D eigenvalue weighted by atomic mass is 35.5. The molecule has 1 fully saturated rings. The number of hydrogen-bond donors (Lipinski definition) is 1. The number of carbonyl (C=O) groups excluding carboxylic acids is 2. The maximum Gasteiger partial charge on any atom is 0.414 e. The Kier molecular flexibility index (Phi) is 5.27. The Labute approximate surface area is 154 Å². The lowest BCUT2D eigenvalue weighted by molar-refractivity contribution is 0.0912. The Hall–Kier alpha value is -2.80. The predicted octanol–water partition coefficient (Wildman–Crippen LogP) is 3.24. The molecule has 8 heteroatoms. The lowest BCUT2D eigenvalue weighted by atomic mass is 10.2. The number of nitrogens with one attached hydrogen (secondary N) is 1. The first-order valence-electron chi connectivity index (χ1n) is 7.84. The Bertz CT molecular complexity index is 825. The number of methoxy groups -OCH3 is 1. The molecule has 1 saturated heterocycles. The molecule has 1 aliphatic rings. The number of halogens is 2. The van der Waals surface area contributed by atoms with Crippen LogP contribution < -0.4 is 15.0 Å². The van der Waals surface area contributed by atoms with Gasteiger partial charge in [-0.25, -0.2) is 9.18 Å². The van der Waals surface area contributed by atoms with Crippen molar-refractivity contribution >= 4 is 29.3 Å². The number of hydrogen-bond acceptors (Lipinski definition) is 4. The molecule has 2 amide bonds. The van der Waals surface area contributed by atoms with Gasteiger partial charge in [-0.15, -0.1) is 0 Å². The van der Waals surface area contributed by atoms with E-state index >= 15 is 0 Å². The highest BCUT2D eigenvalue weighted by Gasteiger charge is 2.33. The van der Waals surface area contributed by atoms with Crippen molar-refractivity contribution in [3.8, 4) is 5.75 Å². The molecule has 0 aliphatic carbocycles. The van der Waals surface area contributed by atoms with Gasteiger partial charge in [-0.3, -0.25) is 9.69 Å². The molecule has 1 heterocycles. The van der Waals surface area contributed by atoms with Gasteiger partial charge in [0, 0.05) is 6.07 Å². The van der Waals surface area contributed by atoms with E-state index in [-0.39, 0.29) is 23.7 Å². The second-order valence-corrected chi connectivity index (χ2v) is 6.03. The summed E-state index contributed by atoms with van der Waals surface area (Å²) in [5.74, 6) is -0.762. The van der Waals surface area contributed by atoms with Crippen molar-refractivity contribution in [1.29, 1.82) is 0 Å². The summed E-state index contributed by atoms with van der Waals surface area (Å²) in [6, 6.07) is 11.0. The summed E-state index contributed by atoms with van der Waals surface area (Å²) in [5, 5.41) is 2.56. The summed E-state index contributed by atoms with van der Waals surface area (Å²) in [6.45, 7) is 0.285. The smallest absolute Gasteiger partial charge is 0.414 e. The number of rotatable bonds is 5. The van der Waals surface area contributed by atoms with Gasteiger partial charge in [-0.1, -0.05) is 23.7 Å². The fourth-order valence-corrected chi connectivity index (χ4v) is 2.88. The summed E-state index contributed by atoms with van der Waals surface area (Å²) in [7, 11) is 1.54. The molecule has 0 aromatic heterocycles. The van der Waals surface area contributed by atoms with Crippen LogP contribution in [0, 0.1) is 5.82 Å². The van der Waals surface area contributed by atoms with Crippen molar-refractivity contribution in [2.45, 2.75) is 6.10 Å².